The molecule has 2 aliphatic heterocycles. The summed E-state index contributed by atoms with van der Waals surface area (Å²) in [5.74, 6) is -2.14. The summed E-state index contributed by atoms with van der Waals surface area (Å²) < 4.78 is 38.8. The average Bonchev–Trinajstić information content (AvgIpc) is 3.78. The number of thiophene rings is 1. The van der Waals surface area contributed by atoms with Gasteiger partial charge in [0.05, 0.1) is 35.6 Å². The van der Waals surface area contributed by atoms with Crippen LogP contribution in [0.1, 0.15) is 41.5 Å². The van der Waals surface area contributed by atoms with Gasteiger partial charge in [0.2, 0.25) is 5.91 Å². The van der Waals surface area contributed by atoms with Crippen LogP contribution >= 0.6 is 11.3 Å². The van der Waals surface area contributed by atoms with Crippen molar-refractivity contribution in [3.63, 3.8) is 0 Å². The molecule has 234 valence electrons. The van der Waals surface area contributed by atoms with Gasteiger partial charge in [0.1, 0.15) is 35.4 Å². The van der Waals surface area contributed by atoms with E-state index in [0.717, 1.165) is 23.4 Å². The van der Waals surface area contributed by atoms with Crippen molar-refractivity contribution in [1.82, 2.24) is 25.0 Å². The lowest BCUT2D eigenvalue weighted by Crippen LogP contribution is -2.40. The molecule has 0 aliphatic carbocycles. The number of aliphatic hydroxyl groups excluding tert-OH is 1. The number of carbonyl (C=O) groups excluding carboxylic acids is 2. The standard InChI is InChI=1S/C34H29F2N5O4S/c1-4-28(43)40-8-9-41-26(18(40)3)14-25(39-41)32-30(29-24(36)12-21(35)13-27(29)45-16-17(2)42)33-22(7-10-46-33)31(38-32)19-5-6-20-15-37-34(44)23(20)11-19/h4-7,10-14,17-18,42H,1,8-9,15-16H2,2-3H3,(H,37,44)/t17-,18-/m1/s1. The van der Waals surface area contributed by atoms with Crippen molar-refractivity contribution in [2.24, 2.45) is 0 Å². The Bertz CT molecular complexity index is 2070. The van der Waals surface area contributed by atoms with Gasteiger partial charge in [-0.1, -0.05) is 18.7 Å². The van der Waals surface area contributed by atoms with Crippen molar-refractivity contribution in [2.45, 2.75) is 39.1 Å². The third-order valence-corrected chi connectivity index (χ3v) is 9.32. The van der Waals surface area contributed by atoms with E-state index in [-0.39, 0.29) is 35.8 Å². The molecule has 0 bridgehead atoms. The Morgan fingerprint density at radius 3 is 2.80 bits per heavy atom. The van der Waals surface area contributed by atoms with Crippen molar-refractivity contribution in [3.05, 3.63) is 89.0 Å². The number of nitrogens with zero attached hydrogens (tertiary/aromatic N) is 4. The zero-order valence-electron chi connectivity index (χ0n) is 25.0. The van der Waals surface area contributed by atoms with E-state index in [9.17, 15) is 19.1 Å². The molecule has 12 heteroatoms. The predicted octanol–water partition coefficient (Wildman–Crippen LogP) is 5.86. The van der Waals surface area contributed by atoms with Gasteiger partial charge in [0, 0.05) is 52.0 Å². The van der Waals surface area contributed by atoms with Gasteiger partial charge in [-0.15, -0.1) is 11.3 Å². The number of pyridine rings is 1. The number of halogens is 2. The molecule has 2 N–H and O–H groups in total. The van der Waals surface area contributed by atoms with Gasteiger partial charge in [-0.05, 0) is 49.1 Å². The molecule has 5 heterocycles. The maximum atomic E-state index is 16.0. The first-order valence-electron chi connectivity index (χ1n) is 14.8. The van der Waals surface area contributed by atoms with Gasteiger partial charge in [-0.3, -0.25) is 14.3 Å². The normalized spacial score (nSPS) is 16.2. The number of benzene rings is 2. The van der Waals surface area contributed by atoms with Crippen LogP contribution in [0.25, 0.3) is 43.9 Å². The van der Waals surface area contributed by atoms with Crippen LogP contribution in [0.2, 0.25) is 0 Å². The third kappa shape index (κ3) is 4.94. The lowest BCUT2D eigenvalue weighted by molar-refractivity contribution is -0.129. The lowest BCUT2D eigenvalue weighted by Gasteiger charge is -2.33. The Morgan fingerprint density at radius 2 is 2.02 bits per heavy atom. The number of carbonyl (C=O) groups is 2. The smallest absolute Gasteiger partial charge is 0.251 e. The first-order valence-corrected chi connectivity index (χ1v) is 15.7. The Hall–Kier alpha value is -4.94. The fourth-order valence-corrected chi connectivity index (χ4v) is 7.12. The van der Waals surface area contributed by atoms with E-state index >= 15 is 4.39 Å². The lowest BCUT2D eigenvalue weighted by atomic mass is 9.95. The number of hydrogen-bond donors (Lipinski definition) is 2. The van der Waals surface area contributed by atoms with Gasteiger partial charge in [0.15, 0.2) is 0 Å². The zero-order valence-corrected chi connectivity index (χ0v) is 25.8. The van der Waals surface area contributed by atoms with Crippen LogP contribution in [-0.2, 0) is 17.9 Å². The molecule has 0 radical (unpaired) electrons. The van der Waals surface area contributed by atoms with Crippen LogP contribution in [0.3, 0.4) is 0 Å². The number of hydrogen-bond acceptors (Lipinski definition) is 7. The highest BCUT2D eigenvalue weighted by molar-refractivity contribution is 7.18. The summed E-state index contributed by atoms with van der Waals surface area (Å²) in [6.07, 6.45) is 0.392. The van der Waals surface area contributed by atoms with E-state index < -0.39 is 17.7 Å². The van der Waals surface area contributed by atoms with E-state index in [1.165, 1.54) is 24.3 Å². The summed E-state index contributed by atoms with van der Waals surface area (Å²) in [6, 6.07) is 10.9. The van der Waals surface area contributed by atoms with Gasteiger partial charge < -0.3 is 20.1 Å². The number of fused-ring (bicyclic) bond motifs is 3. The van der Waals surface area contributed by atoms with E-state index in [4.69, 9.17) is 14.8 Å². The van der Waals surface area contributed by atoms with Gasteiger partial charge in [-0.25, -0.2) is 13.8 Å². The molecule has 2 aromatic carbocycles. The summed E-state index contributed by atoms with van der Waals surface area (Å²) in [7, 11) is 0. The maximum Gasteiger partial charge on any atom is 0.251 e. The highest BCUT2D eigenvalue weighted by Crippen LogP contribution is 2.47. The quantitative estimate of drug-likeness (QED) is 0.216. The summed E-state index contributed by atoms with van der Waals surface area (Å²) in [4.78, 5) is 32.0. The highest BCUT2D eigenvalue weighted by atomic mass is 32.1. The monoisotopic (exact) mass is 641 g/mol. The Morgan fingerprint density at radius 1 is 1.20 bits per heavy atom. The van der Waals surface area contributed by atoms with Crippen LogP contribution in [0, 0.1) is 11.6 Å². The molecule has 0 saturated carbocycles. The van der Waals surface area contributed by atoms with Crippen molar-refractivity contribution in [1.29, 1.82) is 0 Å². The average molecular weight is 642 g/mol. The molecule has 2 aliphatic rings. The first kappa shape index (κ1) is 29.8. The van der Waals surface area contributed by atoms with Crippen LogP contribution in [-0.4, -0.2) is 55.8 Å². The Kier molecular flexibility index (Phi) is 7.41. The summed E-state index contributed by atoms with van der Waals surface area (Å²) in [5, 5.41) is 20.2. The van der Waals surface area contributed by atoms with Crippen molar-refractivity contribution in [2.75, 3.05) is 13.2 Å². The predicted molar refractivity (Wildman–Crippen MR) is 170 cm³/mol. The molecule has 46 heavy (non-hydrogen) atoms. The second-order valence-electron chi connectivity index (χ2n) is 11.4. The zero-order chi connectivity index (χ0) is 32.3. The minimum absolute atomic E-state index is 0.0145. The van der Waals surface area contributed by atoms with E-state index in [2.05, 4.69) is 11.9 Å². The number of aliphatic hydroxyl groups is 1. The Balaban J connectivity index is 1.50. The molecule has 0 saturated heterocycles. The third-order valence-electron chi connectivity index (χ3n) is 8.38. The topological polar surface area (TPSA) is 110 Å². The van der Waals surface area contributed by atoms with Crippen LogP contribution in [0.15, 0.2) is 60.5 Å². The van der Waals surface area contributed by atoms with Crippen LogP contribution in [0.5, 0.6) is 5.75 Å². The summed E-state index contributed by atoms with van der Waals surface area (Å²) in [5.41, 5.74) is 4.54. The van der Waals surface area contributed by atoms with E-state index in [1.54, 1.807) is 11.0 Å². The maximum absolute atomic E-state index is 16.0. The van der Waals surface area contributed by atoms with Gasteiger partial charge in [0.25, 0.3) is 5.91 Å². The molecule has 0 spiro atoms. The number of rotatable bonds is 7. The molecule has 0 fully saturated rings. The summed E-state index contributed by atoms with van der Waals surface area (Å²) in [6.45, 7) is 8.15. The minimum Gasteiger partial charge on any atom is -0.490 e. The first-order chi connectivity index (χ1) is 22.1. The molecular weight excluding hydrogens is 612 g/mol. The SMILES string of the molecule is C=CC(=O)N1CCn2nc(-c3nc(-c4ccc5c(c4)C(=O)NC5)c4ccsc4c3-c3c(F)cc(F)cc3OC[C@@H](C)O)cc2[C@H]1C. The molecule has 5 aromatic rings. The molecular formula is C34H29F2N5O4S. The van der Waals surface area contributed by atoms with Gasteiger partial charge in [-0.2, -0.15) is 5.10 Å². The van der Waals surface area contributed by atoms with E-state index in [1.807, 2.05) is 41.3 Å². The largest absolute Gasteiger partial charge is 0.490 e. The minimum atomic E-state index is -0.888. The molecule has 7 rings (SSSR count). The van der Waals surface area contributed by atoms with Crippen LogP contribution < -0.4 is 10.1 Å². The van der Waals surface area contributed by atoms with Crippen LogP contribution in [0.4, 0.5) is 8.78 Å². The van der Waals surface area contributed by atoms with Crippen molar-refractivity contribution < 1.29 is 28.2 Å². The van der Waals surface area contributed by atoms with Crippen molar-refractivity contribution >= 4 is 33.2 Å². The highest BCUT2D eigenvalue weighted by Gasteiger charge is 2.32. The molecule has 2 atom stereocenters. The molecule has 0 unspecified atom stereocenters. The van der Waals surface area contributed by atoms with E-state index in [0.29, 0.717) is 63.5 Å². The fourth-order valence-electron chi connectivity index (χ4n) is 6.18. The number of nitrogens with one attached hydrogen (secondary N) is 1. The second-order valence-corrected chi connectivity index (χ2v) is 12.3. The number of ether oxygens (including phenoxy) is 1. The molecule has 9 nitrogen and oxygen atoms in total. The summed E-state index contributed by atoms with van der Waals surface area (Å²) >= 11 is 1.36. The molecule has 2 amide bonds. The molecule has 3 aromatic heterocycles. The second kappa shape index (κ2) is 11.5. The van der Waals surface area contributed by atoms with Gasteiger partial charge >= 0.3 is 0 Å². The Labute approximate surface area is 266 Å². The fraction of sp³-hybridized carbons (Fsp3) is 0.235. The van der Waals surface area contributed by atoms with Crippen molar-refractivity contribution in [3.8, 4) is 39.5 Å². The number of amides is 2. The number of aromatic nitrogens is 3.